The molecular formula is C30H33N5O3. The maximum Gasteiger partial charge on any atom is 0.270 e. The molecule has 0 radical (unpaired) electrons. The van der Waals surface area contributed by atoms with Crippen LogP contribution in [0.2, 0.25) is 0 Å². The molecule has 4 aromatic rings. The Hall–Kier alpha value is -4.40. The maximum absolute atomic E-state index is 12.7. The smallest absolute Gasteiger partial charge is 0.270 e. The number of rotatable bonds is 9. The number of nitrogens with one attached hydrogen (secondary N) is 2. The van der Waals surface area contributed by atoms with Crippen LogP contribution in [0.3, 0.4) is 0 Å². The standard InChI is InChI=1S/C29H29N5O2.CH4O/c1-34(2)20-22-8-6-21(7-9-22)17-32-28(35)25-5-3-4-23(16-25)18-33-29(36)27-11-10-26(19-31-27)24-12-14-30-15-13-24;1-2/h3-16,19H,17-18,20H2,1-2H3,(H,32,35)(H,33,36);2H,1H3. The number of benzene rings is 2. The molecule has 4 rings (SSSR count). The Morgan fingerprint density at radius 1 is 0.763 bits per heavy atom. The van der Waals surface area contributed by atoms with E-state index in [1.807, 2.05) is 56.6 Å². The Morgan fingerprint density at radius 2 is 1.42 bits per heavy atom. The number of aliphatic hydroxyl groups excluding tert-OH is 1. The second kappa shape index (κ2) is 14.4. The largest absolute Gasteiger partial charge is 0.400 e. The summed E-state index contributed by atoms with van der Waals surface area (Å²) in [7, 11) is 5.07. The van der Waals surface area contributed by atoms with E-state index in [1.165, 1.54) is 5.56 Å². The summed E-state index contributed by atoms with van der Waals surface area (Å²) in [5, 5.41) is 12.8. The number of aliphatic hydroxyl groups is 1. The van der Waals surface area contributed by atoms with Gasteiger partial charge in [0.1, 0.15) is 5.69 Å². The van der Waals surface area contributed by atoms with Gasteiger partial charge in [0.25, 0.3) is 11.8 Å². The monoisotopic (exact) mass is 511 g/mol. The fraction of sp³-hybridized carbons (Fsp3) is 0.200. The first-order valence-corrected chi connectivity index (χ1v) is 12.2. The van der Waals surface area contributed by atoms with Crippen LogP contribution in [-0.2, 0) is 19.6 Å². The highest BCUT2D eigenvalue weighted by Crippen LogP contribution is 2.17. The summed E-state index contributed by atoms with van der Waals surface area (Å²) in [6, 6.07) is 22.8. The molecule has 0 saturated carbocycles. The van der Waals surface area contributed by atoms with Gasteiger partial charge in [0.05, 0.1) is 0 Å². The quantitative estimate of drug-likeness (QED) is 0.317. The molecule has 0 atom stereocenters. The molecule has 3 N–H and O–H groups in total. The maximum atomic E-state index is 12.7. The molecule has 0 fully saturated rings. The first kappa shape index (κ1) is 28.2. The van der Waals surface area contributed by atoms with E-state index in [0.29, 0.717) is 24.3 Å². The van der Waals surface area contributed by atoms with Crippen LogP contribution >= 0.6 is 0 Å². The van der Waals surface area contributed by atoms with E-state index in [2.05, 4.69) is 37.6 Å². The zero-order valence-corrected chi connectivity index (χ0v) is 21.9. The van der Waals surface area contributed by atoms with E-state index in [-0.39, 0.29) is 11.8 Å². The molecule has 0 saturated heterocycles. The van der Waals surface area contributed by atoms with E-state index in [4.69, 9.17) is 5.11 Å². The topological polar surface area (TPSA) is 107 Å². The summed E-state index contributed by atoms with van der Waals surface area (Å²) >= 11 is 0. The van der Waals surface area contributed by atoms with E-state index in [1.54, 1.807) is 36.8 Å². The molecule has 0 bridgehead atoms. The summed E-state index contributed by atoms with van der Waals surface area (Å²) in [6.45, 7) is 1.62. The highest BCUT2D eigenvalue weighted by atomic mass is 16.2. The Kier molecular flexibility index (Phi) is 10.7. The zero-order valence-electron chi connectivity index (χ0n) is 21.9. The summed E-state index contributed by atoms with van der Waals surface area (Å²) in [6.07, 6.45) is 5.10. The van der Waals surface area contributed by atoms with Crippen LogP contribution in [0.1, 0.15) is 37.5 Å². The Morgan fingerprint density at radius 3 is 2.08 bits per heavy atom. The first-order chi connectivity index (χ1) is 18.5. The van der Waals surface area contributed by atoms with Crippen LogP contribution < -0.4 is 10.6 Å². The van der Waals surface area contributed by atoms with Gasteiger partial charge in [-0.05, 0) is 66.7 Å². The van der Waals surface area contributed by atoms with Gasteiger partial charge in [0, 0.05) is 56.5 Å². The summed E-state index contributed by atoms with van der Waals surface area (Å²) in [5.41, 5.74) is 5.88. The average Bonchev–Trinajstić information content (AvgIpc) is 2.97. The van der Waals surface area contributed by atoms with E-state index in [9.17, 15) is 9.59 Å². The fourth-order valence-corrected chi connectivity index (χ4v) is 3.75. The van der Waals surface area contributed by atoms with Crippen molar-refractivity contribution >= 4 is 11.8 Å². The molecule has 196 valence electrons. The van der Waals surface area contributed by atoms with Gasteiger partial charge in [-0.1, -0.05) is 42.5 Å². The molecule has 2 aromatic heterocycles. The first-order valence-electron chi connectivity index (χ1n) is 12.2. The van der Waals surface area contributed by atoms with Crippen LogP contribution in [0.15, 0.2) is 91.4 Å². The predicted molar refractivity (Wildman–Crippen MR) is 148 cm³/mol. The van der Waals surface area contributed by atoms with Gasteiger partial charge in [0.2, 0.25) is 0 Å². The number of hydrogen-bond donors (Lipinski definition) is 3. The minimum atomic E-state index is -0.274. The van der Waals surface area contributed by atoms with Crippen LogP contribution in [0.4, 0.5) is 0 Å². The van der Waals surface area contributed by atoms with Crippen LogP contribution in [0.5, 0.6) is 0 Å². The van der Waals surface area contributed by atoms with E-state index >= 15 is 0 Å². The number of carbonyl (C=O) groups is 2. The van der Waals surface area contributed by atoms with E-state index in [0.717, 1.165) is 35.9 Å². The SMILES string of the molecule is CN(C)Cc1ccc(CNC(=O)c2cccc(CNC(=O)c3ccc(-c4ccncc4)cn3)c2)cc1.CO. The van der Waals surface area contributed by atoms with Gasteiger partial charge in [-0.3, -0.25) is 19.6 Å². The van der Waals surface area contributed by atoms with Crippen molar-refractivity contribution in [1.82, 2.24) is 25.5 Å². The van der Waals surface area contributed by atoms with Gasteiger partial charge in [0.15, 0.2) is 0 Å². The van der Waals surface area contributed by atoms with Crippen molar-refractivity contribution in [2.75, 3.05) is 21.2 Å². The van der Waals surface area contributed by atoms with Crippen LogP contribution in [-0.4, -0.2) is 53.0 Å². The van der Waals surface area contributed by atoms with Crippen molar-refractivity contribution in [2.45, 2.75) is 19.6 Å². The lowest BCUT2D eigenvalue weighted by molar-refractivity contribution is 0.0942. The second-order valence-electron chi connectivity index (χ2n) is 8.79. The summed E-state index contributed by atoms with van der Waals surface area (Å²) < 4.78 is 0. The Balaban J connectivity index is 0.00000195. The number of nitrogens with zero attached hydrogens (tertiary/aromatic N) is 3. The molecule has 0 spiro atoms. The number of amides is 2. The minimum Gasteiger partial charge on any atom is -0.400 e. The van der Waals surface area contributed by atoms with Gasteiger partial charge in [-0.2, -0.15) is 0 Å². The molecule has 38 heavy (non-hydrogen) atoms. The van der Waals surface area contributed by atoms with Gasteiger partial charge in [-0.25, -0.2) is 0 Å². The number of carbonyl (C=O) groups excluding carboxylic acids is 2. The van der Waals surface area contributed by atoms with Crippen molar-refractivity contribution in [2.24, 2.45) is 0 Å². The summed E-state index contributed by atoms with van der Waals surface area (Å²) in [4.78, 5) is 35.6. The third kappa shape index (κ3) is 8.33. The molecule has 8 nitrogen and oxygen atoms in total. The van der Waals surface area contributed by atoms with E-state index < -0.39 is 0 Å². The normalized spacial score (nSPS) is 10.3. The number of pyridine rings is 2. The lowest BCUT2D eigenvalue weighted by Gasteiger charge is -2.11. The Bertz CT molecular complexity index is 1310. The third-order valence-corrected chi connectivity index (χ3v) is 5.63. The van der Waals surface area contributed by atoms with Crippen molar-refractivity contribution in [3.63, 3.8) is 0 Å². The molecule has 0 unspecified atom stereocenters. The van der Waals surface area contributed by atoms with Crippen molar-refractivity contribution < 1.29 is 14.7 Å². The third-order valence-electron chi connectivity index (χ3n) is 5.63. The highest BCUT2D eigenvalue weighted by molar-refractivity contribution is 5.94. The Labute approximate surface area is 223 Å². The number of aromatic nitrogens is 2. The molecule has 2 heterocycles. The molecule has 2 aromatic carbocycles. The highest BCUT2D eigenvalue weighted by Gasteiger charge is 2.10. The van der Waals surface area contributed by atoms with Crippen molar-refractivity contribution in [1.29, 1.82) is 0 Å². The number of hydrogen-bond acceptors (Lipinski definition) is 6. The average molecular weight is 512 g/mol. The van der Waals surface area contributed by atoms with Gasteiger partial charge in [-0.15, -0.1) is 0 Å². The predicted octanol–water partition coefficient (Wildman–Crippen LogP) is 3.67. The molecule has 2 amide bonds. The molecule has 0 aliphatic heterocycles. The van der Waals surface area contributed by atoms with Gasteiger partial charge >= 0.3 is 0 Å². The summed E-state index contributed by atoms with van der Waals surface area (Å²) in [5.74, 6) is -0.433. The van der Waals surface area contributed by atoms with Crippen molar-refractivity contribution in [3.05, 3.63) is 119 Å². The molecule has 8 heteroatoms. The molecule has 0 aliphatic rings. The lowest BCUT2D eigenvalue weighted by atomic mass is 10.1. The van der Waals surface area contributed by atoms with Crippen LogP contribution in [0.25, 0.3) is 11.1 Å². The van der Waals surface area contributed by atoms with Gasteiger partial charge < -0.3 is 20.6 Å². The molecule has 0 aliphatic carbocycles. The fourth-order valence-electron chi connectivity index (χ4n) is 3.75. The van der Waals surface area contributed by atoms with Crippen LogP contribution in [0, 0.1) is 0 Å². The van der Waals surface area contributed by atoms with Crippen molar-refractivity contribution in [3.8, 4) is 11.1 Å². The minimum absolute atomic E-state index is 0.158. The zero-order chi connectivity index (χ0) is 27.3. The molecular weight excluding hydrogens is 478 g/mol. The second-order valence-corrected chi connectivity index (χ2v) is 8.79. The lowest BCUT2D eigenvalue weighted by Crippen LogP contribution is -2.25.